The third-order valence-corrected chi connectivity index (χ3v) is 5.06. The van der Waals surface area contributed by atoms with Crippen molar-refractivity contribution in [2.24, 2.45) is 5.14 Å². The van der Waals surface area contributed by atoms with E-state index in [0.717, 1.165) is 32.9 Å². The molecule has 1 aromatic rings. The largest absolute Gasteiger partial charge is 0.496 e. The van der Waals surface area contributed by atoms with E-state index in [1.165, 1.54) is 25.3 Å². The minimum Gasteiger partial charge on any atom is -0.496 e. The first-order chi connectivity index (χ1) is 12.6. The van der Waals surface area contributed by atoms with E-state index in [2.05, 4.69) is 17.1 Å². The molecule has 1 heterocycles. The van der Waals surface area contributed by atoms with E-state index in [1.54, 1.807) is 0 Å². The van der Waals surface area contributed by atoms with Crippen LogP contribution in [0, 0.1) is 0 Å². The highest BCUT2D eigenvalue weighted by Crippen LogP contribution is 2.22. The smallest absolute Gasteiger partial charge is 0.300 e. The summed E-state index contributed by atoms with van der Waals surface area (Å²) in [4.78, 5) is 23.6. The number of carboxylic acid groups (broad SMARTS) is 1. The van der Waals surface area contributed by atoms with E-state index >= 15 is 0 Å². The summed E-state index contributed by atoms with van der Waals surface area (Å²) in [7, 11) is -2.44. The summed E-state index contributed by atoms with van der Waals surface area (Å²) < 4.78 is 28.1. The Balaban J connectivity index is 0.000000828. The number of primary sulfonamides is 1. The number of rotatable bonds is 6. The molecule has 1 unspecified atom stereocenters. The van der Waals surface area contributed by atoms with Crippen LogP contribution in [0.5, 0.6) is 5.75 Å². The summed E-state index contributed by atoms with van der Waals surface area (Å²) in [6.07, 6.45) is 2.17. The first-order valence-corrected chi connectivity index (χ1v) is 10.1. The molecular formula is C17H27N3O6S. The van der Waals surface area contributed by atoms with Crippen molar-refractivity contribution in [3.8, 4) is 5.75 Å². The summed E-state index contributed by atoms with van der Waals surface area (Å²) in [5.41, 5.74) is 0.167. The van der Waals surface area contributed by atoms with E-state index < -0.39 is 16.0 Å². The van der Waals surface area contributed by atoms with Crippen LogP contribution in [-0.2, 0) is 14.8 Å². The normalized spacial score (nSPS) is 17.0. The second kappa shape index (κ2) is 10.2. The molecule has 27 heavy (non-hydrogen) atoms. The molecule has 9 nitrogen and oxygen atoms in total. The van der Waals surface area contributed by atoms with Gasteiger partial charge in [0.2, 0.25) is 10.0 Å². The summed E-state index contributed by atoms with van der Waals surface area (Å²) in [6, 6.07) is 4.32. The number of likely N-dealkylation sites (N-methyl/N-ethyl adjacent to an activating group) is 1. The van der Waals surface area contributed by atoms with E-state index in [1.807, 2.05) is 0 Å². The van der Waals surface area contributed by atoms with Crippen molar-refractivity contribution in [1.82, 2.24) is 10.2 Å². The van der Waals surface area contributed by atoms with Crippen molar-refractivity contribution in [2.45, 2.75) is 37.6 Å². The van der Waals surface area contributed by atoms with Crippen molar-refractivity contribution < 1.29 is 27.9 Å². The van der Waals surface area contributed by atoms with Crippen molar-refractivity contribution in [3.05, 3.63) is 23.8 Å². The number of carbonyl (C=O) groups excluding carboxylic acids is 1. The van der Waals surface area contributed by atoms with Crippen LogP contribution in [0.4, 0.5) is 0 Å². The summed E-state index contributed by atoms with van der Waals surface area (Å²) in [5, 5.41) is 15.4. The Morgan fingerprint density at radius 2 is 2.04 bits per heavy atom. The van der Waals surface area contributed by atoms with Crippen molar-refractivity contribution in [1.29, 1.82) is 0 Å². The standard InChI is InChI=1S/C15H23N3O4S.C2H4O2/c1-3-18-8-4-5-11(18)10-17-15(19)13-9-12(23(16,20)21)6-7-14(13)22-2;1-2(3)4/h6-7,9,11H,3-5,8,10H2,1-2H3,(H,17,19)(H2,16,20,21);1H3,(H,3,4). The second-order valence-corrected chi connectivity index (χ2v) is 7.62. The van der Waals surface area contributed by atoms with Gasteiger partial charge in [-0.25, -0.2) is 13.6 Å². The molecule has 152 valence electrons. The summed E-state index contributed by atoms with van der Waals surface area (Å²) in [5.74, 6) is -0.885. The number of carboxylic acids is 1. The summed E-state index contributed by atoms with van der Waals surface area (Å²) >= 11 is 0. The molecule has 1 atom stereocenters. The van der Waals surface area contributed by atoms with Gasteiger partial charge in [0.1, 0.15) is 5.75 Å². The number of ether oxygens (including phenoxy) is 1. The fourth-order valence-corrected chi connectivity index (χ4v) is 3.43. The number of nitrogens with one attached hydrogen (secondary N) is 1. The lowest BCUT2D eigenvalue weighted by Crippen LogP contribution is -2.40. The van der Waals surface area contributed by atoms with Gasteiger partial charge in [0.15, 0.2) is 0 Å². The Labute approximate surface area is 159 Å². The second-order valence-electron chi connectivity index (χ2n) is 6.06. The van der Waals surface area contributed by atoms with Gasteiger partial charge >= 0.3 is 0 Å². The molecule has 0 radical (unpaired) electrons. The first kappa shape index (κ1) is 22.9. The quantitative estimate of drug-likeness (QED) is 0.636. The number of aliphatic carboxylic acids is 1. The lowest BCUT2D eigenvalue weighted by Gasteiger charge is -2.23. The number of amides is 1. The fourth-order valence-electron chi connectivity index (χ4n) is 2.89. The molecule has 1 aliphatic heterocycles. The lowest BCUT2D eigenvalue weighted by atomic mass is 10.1. The van der Waals surface area contributed by atoms with E-state index in [-0.39, 0.29) is 16.4 Å². The highest BCUT2D eigenvalue weighted by atomic mass is 32.2. The topological polar surface area (TPSA) is 139 Å². The number of methoxy groups -OCH3 is 1. The number of likely N-dealkylation sites (tertiary alicyclic amines) is 1. The number of nitrogens with two attached hydrogens (primary N) is 1. The first-order valence-electron chi connectivity index (χ1n) is 8.52. The zero-order valence-electron chi connectivity index (χ0n) is 15.8. The predicted molar refractivity (Wildman–Crippen MR) is 100 cm³/mol. The lowest BCUT2D eigenvalue weighted by molar-refractivity contribution is -0.134. The Kier molecular flexibility index (Phi) is 8.67. The minimum absolute atomic E-state index is 0.112. The fraction of sp³-hybridized carbons (Fsp3) is 0.529. The Morgan fingerprint density at radius 1 is 1.41 bits per heavy atom. The molecule has 0 saturated carbocycles. The van der Waals surface area contributed by atoms with Gasteiger partial charge in [-0.3, -0.25) is 14.5 Å². The maximum Gasteiger partial charge on any atom is 0.300 e. The molecule has 0 aliphatic carbocycles. The van der Waals surface area contributed by atoms with Gasteiger partial charge in [0, 0.05) is 19.5 Å². The van der Waals surface area contributed by atoms with E-state index in [0.29, 0.717) is 18.3 Å². The van der Waals surface area contributed by atoms with Crippen molar-refractivity contribution in [3.63, 3.8) is 0 Å². The average molecular weight is 401 g/mol. The molecule has 4 N–H and O–H groups in total. The van der Waals surface area contributed by atoms with Crippen molar-refractivity contribution in [2.75, 3.05) is 26.7 Å². The van der Waals surface area contributed by atoms with E-state index in [9.17, 15) is 13.2 Å². The average Bonchev–Trinajstić information content (AvgIpc) is 3.05. The molecule has 1 aliphatic rings. The molecule has 1 fully saturated rings. The number of hydrogen-bond acceptors (Lipinski definition) is 6. The van der Waals surface area contributed by atoms with Crippen LogP contribution in [0.1, 0.15) is 37.0 Å². The monoisotopic (exact) mass is 401 g/mol. The number of benzene rings is 1. The molecule has 0 aromatic heterocycles. The molecule has 1 aromatic carbocycles. The molecule has 10 heteroatoms. The van der Waals surface area contributed by atoms with Gasteiger partial charge < -0.3 is 15.2 Å². The van der Waals surface area contributed by atoms with Crippen molar-refractivity contribution >= 4 is 21.9 Å². The van der Waals surface area contributed by atoms with Gasteiger partial charge in [-0.2, -0.15) is 0 Å². The van der Waals surface area contributed by atoms with Gasteiger partial charge in [-0.05, 0) is 44.1 Å². The third-order valence-electron chi connectivity index (χ3n) is 4.15. The zero-order valence-corrected chi connectivity index (χ0v) is 16.6. The SMILES string of the molecule is CC(=O)O.CCN1CCCC1CNC(=O)c1cc(S(N)(=O)=O)ccc1OC. The number of hydrogen-bond donors (Lipinski definition) is 3. The van der Waals surface area contributed by atoms with Crippen LogP contribution in [0.3, 0.4) is 0 Å². The number of carbonyl (C=O) groups is 2. The predicted octanol–water partition coefficient (Wildman–Crippen LogP) is 0.648. The van der Waals surface area contributed by atoms with Crippen LogP contribution < -0.4 is 15.2 Å². The molecular weight excluding hydrogens is 374 g/mol. The maximum atomic E-state index is 12.4. The van der Waals surface area contributed by atoms with Gasteiger partial charge in [0.25, 0.3) is 11.9 Å². The van der Waals surface area contributed by atoms with Gasteiger partial charge in [-0.15, -0.1) is 0 Å². The Morgan fingerprint density at radius 3 is 2.56 bits per heavy atom. The maximum absolute atomic E-state index is 12.4. The number of nitrogens with zero attached hydrogens (tertiary/aromatic N) is 1. The van der Waals surface area contributed by atoms with Crippen LogP contribution in [-0.4, -0.2) is 63.1 Å². The van der Waals surface area contributed by atoms with Crippen LogP contribution in [0.25, 0.3) is 0 Å². The van der Waals surface area contributed by atoms with Crippen LogP contribution >= 0.6 is 0 Å². The molecule has 1 amide bonds. The zero-order chi connectivity index (χ0) is 20.6. The highest BCUT2D eigenvalue weighted by molar-refractivity contribution is 7.89. The van der Waals surface area contributed by atoms with Crippen LogP contribution in [0.2, 0.25) is 0 Å². The van der Waals surface area contributed by atoms with Gasteiger partial charge in [0.05, 0.1) is 17.6 Å². The third kappa shape index (κ3) is 7.16. The molecule has 0 spiro atoms. The van der Waals surface area contributed by atoms with Crippen LogP contribution in [0.15, 0.2) is 23.1 Å². The minimum atomic E-state index is -3.87. The summed E-state index contributed by atoms with van der Waals surface area (Å²) in [6.45, 7) is 5.69. The number of sulfonamides is 1. The highest BCUT2D eigenvalue weighted by Gasteiger charge is 2.24. The van der Waals surface area contributed by atoms with Gasteiger partial charge in [-0.1, -0.05) is 6.92 Å². The molecule has 0 bridgehead atoms. The Hall–Kier alpha value is -2.17. The Bertz CT molecular complexity index is 762. The molecule has 1 saturated heterocycles. The van der Waals surface area contributed by atoms with E-state index in [4.69, 9.17) is 19.8 Å². The molecule has 2 rings (SSSR count).